The van der Waals surface area contributed by atoms with Crippen LogP contribution in [0.25, 0.3) is 0 Å². The lowest BCUT2D eigenvalue weighted by atomic mass is 9.87. The monoisotopic (exact) mass is 420 g/mol. The number of carbonyl (C=O) groups is 3. The Morgan fingerprint density at radius 3 is 2.63 bits per heavy atom. The molecule has 0 bridgehead atoms. The first kappa shape index (κ1) is 22.2. The summed E-state index contributed by atoms with van der Waals surface area (Å²) < 4.78 is 20.0. The van der Waals surface area contributed by atoms with E-state index in [1.54, 1.807) is 12.1 Å². The van der Waals surface area contributed by atoms with Crippen molar-refractivity contribution in [1.82, 2.24) is 5.32 Å². The maximum absolute atomic E-state index is 14.8. The van der Waals surface area contributed by atoms with Gasteiger partial charge >= 0.3 is 5.97 Å². The van der Waals surface area contributed by atoms with Crippen molar-refractivity contribution >= 4 is 23.5 Å². The molecule has 2 N–H and O–H groups in total. The molecule has 0 radical (unpaired) electrons. The fourth-order valence-corrected chi connectivity index (χ4v) is 3.93. The molecule has 1 atom stereocenters. The van der Waals surface area contributed by atoms with Crippen molar-refractivity contribution in [3.05, 3.63) is 29.6 Å². The topological polar surface area (TPSA) is 95.9 Å². The molecule has 2 heterocycles. The Labute approximate surface area is 175 Å². The van der Waals surface area contributed by atoms with Crippen LogP contribution in [-0.4, -0.2) is 48.2 Å². The number of nitrogens with one attached hydrogen (secondary N) is 1. The quantitative estimate of drug-likeness (QED) is 0.541. The molecule has 0 aromatic heterocycles. The second kappa shape index (κ2) is 9.12. The summed E-state index contributed by atoms with van der Waals surface area (Å²) in [5.74, 6) is -1.86. The Bertz CT molecular complexity index is 818. The number of rotatable bonds is 6. The van der Waals surface area contributed by atoms with Crippen LogP contribution >= 0.6 is 0 Å². The molecule has 3 rings (SSSR count). The first-order valence-corrected chi connectivity index (χ1v) is 10.4. The first-order chi connectivity index (χ1) is 14.2. The van der Waals surface area contributed by atoms with Gasteiger partial charge in [0.1, 0.15) is 5.82 Å². The number of carbonyl (C=O) groups excluding carboxylic acids is 3. The van der Waals surface area contributed by atoms with Crippen LogP contribution in [0.3, 0.4) is 0 Å². The lowest BCUT2D eigenvalue weighted by Gasteiger charge is -2.39. The molecule has 1 aromatic carbocycles. The summed E-state index contributed by atoms with van der Waals surface area (Å²) in [4.78, 5) is 37.1. The van der Waals surface area contributed by atoms with E-state index in [0.29, 0.717) is 50.2 Å². The number of hydrogen-bond acceptors (Lipinski definition) is 6. The minimum absolute atomic E-state index is 0.0650. The Morgan fingerprint density at radius 2 is 2.03 bits per heavy atom. The Balaban J connectivity index is 1.59. The lowest BCUT2D eigenvalue weighted by Crippen LogP contribution is -2.46. The average Bonchev–Trinajstić information content (AvgIpc) is 2.67. The standard InChI is InChI=1S/C22H29FN2O5/c1-14(2)13-30-20(27)12-22(29)7-9-25(10-8-22)18-5-3-15(11-17(18)23)16-4-6-19(26)24-21(16)28/h3,5,11,14,16,29H,4,6-10,12-13H2,1-2H3,(H,24,26,28). The maximum Gasteiger partial charge on any atom is 0.308 e. The van der Waals surface area contributed by atoms with Crippen molar-refractivity contribution in [2.24, 2.45) is 5.92 Å². The van der Waals surface area contributed by atoms with Crippen molar-refractivity contribution in [1.29, 1.82) is 0 Å². The average molecular weight is 420 g/mol. The molecule has 7 nitrogen and oxygen atoms in total. The molecule has 2 fully saturated rings. The van der Waals surface area contributed by atoms with Crippen LogP contribution < -0.4 is 10.2 Å². The Kier molecular flexibility index (Phi) is 6.75. The number of benzene rings is 1. The SMILES string of the molecule is CC(C)COC(=O)CC1(O)CCN(c2ccc(C3CCC(=O)NC3=O)cc2F)CC1. The number of hydrogen-bond donors (Lipinski definition) is 2. The molecular weight excluding hydrogens is 391 g/mol. The molecular formula is C22H29FN2O5. The number of anilines is 1. The molecule has 2 saturated heterocycles. The fraction of sp³-hybridized carbons (Fsp3) is 0.591. The van der Waals surface area contributed by atoms with Gasteiger partial charge in [-0.1, -0.05) is 19.9 Å². The van der Waals surface area contributed by atoms with Crippen molar-refractivity contribution in [2.45, 2.75) is 57.5 Å². The highest BCUT2D eigenvalue weighted by atomic mass is 19.1. The molecule has 2 aliphatic rings. The first-order valence-electron chi connectivity index (χ1n) is 10.4. The lowest BCUT2D eigenvalue weighted by molar-refractivity contribution is -0.151. The number of imide groups is 1. The molecule has 30 heavy (non-hydrogen) atoms. The summed E-state index contributed by atoms with van der Waals surface area (Å²) in [6.45, 7) is 5.03. The predicted octanol–water partition coefficient (Wildman–Crippen LogP) is 2.27. The summed E-state index contributed by atoms with van der Waals surface area (Å²) in [5.41, 5.74) is -0.202. The van der Waals surface area contributed by atoms with Gasteiger partial charge in [0, 0.05) is 19.5 Å². The van der Waals surface area contributed by atoms with Gasteiger partial charge in [-0.2, -0.15) is 0 Å². The van der Waals surface area contributed by atoms with Gasteiger partial charge in [0.15, 0.2) is 0 Å². The number of nitrogens with zero attached hydrogens (tertiary/aromatic N) is 1. The summed E-state index contributed by atoms with van der Waals surface area (Å²) in [6, 6.07) is 4.69. The molecule has 2 aliphatic heterocycles. The van der Waals surface area contributed by atoms with Crippen LogP contribution in [0.15, 0.2) is 18.2 Å². The van der Waals surface area contributed by atoms with Gasteiger partial charge in [-0.15, -0.1) is 0 Å². The second-order valence-corrected chi connectivity index (χ2v) is 8.68. The van der Waals surface area contributed by atoms with Gasteiger partial charge in [0.05, 0.1) is 30.2 Å². The Hall–Kier alpha value is -2.48. The molecule has 164 valence electrons. The largest absolute Gasteiger partial charge is 0.465 e. The van der Waals surface area contributed by atoms with E-state index in [-0.39, 0.29) is 24.7 Å². The second-order valence-electron chi connectivity index (χ2n) is 8.68. The van der Waals surface area contributed by atoms with Crippen molar-refractivity contribution in [3.63, 3.8) is 0 Å². The van der Waals surface area contributed by atoms with Crippen molar-refractivity contribution < 1.29 is 28.6 Å². The van der Waals surface area contributed by atoms with Gasteiger partial charge in [-0.3, -0.25) is 19.7 Å². The molecule has 1 unspecified atom stereocenters. The molecule has 0 saturated carbocycles. The summed E-state index contributed by atoms with van der Waals surface area (Å²) in [6.07, 6.45) is 1.21. The predicted molar refractivity (Wildman–Crippen MR) is 108 cm³/mol. The highest BCUT2D eigenvalue weighted by Gasteiger charge is 2.36. The third kappa shape index (κ3) is 5.36. The number of amides is 2. The van der Waals surface area contributed by atoms with Crippen molar-refractivity contribution in [2.75, 3.05) is 24.6 Å². The van der Waals surface area contributed by atoms with E-state index >= 15 is 0 Å². The van der Waals surface area contributed by atoms with E-state index in [1.807, 2.05) is 18.7 Å². The molecule has 2 amide bonds. The molecule has 1 aromatic rings. The highest BCUT2D eigenvalue weighted by Crippen LogP contribution is 2.33. The van der Waals surface area contributed by atoms with Crippen LogP contribution in [0, 0.1) is 11.7 Å². The zero-order chi connectivity index (χ0) is 21.9. The minimum atomic E-state index is -1.15. The van der Waals surface area contributed by atoms with E-state index in [4.69, 9.17) is 4.74 Å². The number of esters is 1. The normalized spacial score (nSPS) is 21.5. The third-order valence-corrected chi connectivity index (χ3v) is 5.70. The summed E-state index contributed by atoms with van der Waals surface area (Å²) in [5, 5.41) is 13.0. The van der Waals surface area contributed by atoms with E-state index in [1.165, 1.54) is 6.07 Å². The highest BCUT2D eigenvalue weighted by molar-refractivity contribution is 6.00. The van der Waals surface area contributed by atoms with E-state index < -0.39 is 29.2 Å². The smallest absolute Gasteiger partial charge is 0.308 e. The summed E-state index contributed by atoms with van der Waals surface area (Å²) in [7, 11) is 0. The number of halogens is 1. The number of piperidine rings is 2. The van der Waals surface area contributed by atoms with Crippen LogP contribution in [0.1, 0.15) is 57.4 Å². The van der Waals surface area contributed by atoms with Crippen LogP contribution in [0.5, 0.6) is 0 Å². The van der Waals surface area contributed by atoms with Gasteiger partial charge < -0.3 is 14.7 Å². The van der Waals surface area contributed by atoms with Crippen LogP contribution in [-0.2, 0) is 19.1 Å². The molecule has 0 aliphatic carbocycles. The van der Waals surface area contributed by atoms with Crippen LogP contribution in [0.2, 0.25) is 0 Å². The van der Waals surface area contributed by atoms with E-state index in [0.717, 1.165) is 0 Å². The van der Waals surface area contributed by atoms with Crippen molar-refractivity contribution in [3.8, 4) is 0 Å². The van der Waals surface area contributed by atoms with Gasteiger partial charge in [-0.25, -0.2) is 4.39 Å². The maximum atomic E-state index is 14.8. The van der Waals surface area contributed by atoms with Crippen LogP contribution in [0.4, 0.5) is 10.1 Å². The number of ether oxygens (including phenoxy) is 1. The Morgan fingerprint density at radius 1 is 1.33 bits per heavy atom. The zero-order valence-corrected chi connectivity index (χ0v) is 17.4. The third-order valence-electron chi connectivity index (χ3n) is 5.70. The van der Waals surface area contributed by atoms with E-state index in [2.05, 4.69) is 5.32 Å². The van der Waals surface area contributed by atoms with Gasteiger partial charge in [0.25, 0.3) is 0 Å². The molecule has 0 spiro atoms. The minimum Gasteiger partial charge on any atom is -0.465 e. The fourth-order valence-electron chi connectivity index (χ4n) is 3.93. The summed E-state index contributed by atoms with van der Waals surface area (Å²) >= 11 is 0. The van der Waals surface area contributed by atoms with Gasteiger partial charge in [-0.05, 0) is 42.9 Å². The van der Waals surface area contributed by atoms with E-state index in [9.17, 15) is 23.9 Å². The van der Waals surface area contributed by atoms with Gasteiger partial charge in [0.2, 0.25) is 11.8 Å². The molecule has 8 heteroatoms. The zero-order valence-electron chi connectivity index (χ0n) is 17.4. The number of aliphatic hydroxyl groups is 1.